The Morgan fingerprint density at radius 3 is 2.17 bits per heavy atom. The highest BCUT2D eigenvalue weighted by molar-refractivity contribution is 6.30. The molecule has 0 aliphatic heterocycles. The van der Waals surface area contributed by atoms with E-state index in [9.17, 15) is 9.59 Å². The van der Waals surface area contributed by atoms with Crippen LogP contribution in [-0.2, 0) is 4.79 Å². The summed E-state index contributed by atoms with van der Waals surface area (Å²) in [5.74, 6) is -0.322. The molecule has 2 aromatic rings. The topological polar surface area (TPSA) is 49.4 Å². The van der Waals surface area contributed by atoms with Gasteiger partial charge in [0.1, 0.15) is 0 Å². The van der Waals surface area contributed by atoms with E-state index >= 15 is 0 Å². The van der Waals surface area contributed by atoms with E-state index in [1.807, 2.05) is 12.1 Å². The average Bonchev–Trinajstić information content (AvgIpc) is 2.54. The smallest absolute Gasteiger partial charge is 0.253 e. The van der Waals surface area contributed by atoms with Crippen molar-refractivity contribution in [3.8, 4) is 0 Å². The molecule has 2 aromatic carbocycles. The van der Waals surface area contributed by atoms with Crippen LogP contribution in [0.3, 0.4) is 0 Å². The summed E-state index contributed by atoms with van der Waals surface area (Å²) in [6, 6.07) is 13.9. The van der Waals surface area contributed by atoms with Gasteiger partial charge < -0.3 is 10.2 Å². The first-order valence-electron chi connectivity index (χ1n) is 7.02. The maximum atomic E-state index is 11.9. The molecule has 0 bridgehead atoms. The number of nitrogens with zero attached hydrogens (tertiary/aromatic N) is 1. The van der Waals surface area contributed by atoms with E-state index in [1.54, 1.807) is 56.6 Å². The Balaban J connectivity index is 1.97. The Hall–Kier alpha value is -2.59. The van der Waals surface area contributed by atoms with Crippen molar-refractivity contribution in [1.29, 1.82) is 0 Å². The minimum absolute atomic E-state index is 0.0782. The van der Waals surface area contributed by atoms with Crippen molar-refractivity contribution < 1.29 is 9.59 Å². The molecule has 0 heterocycles. The molecule has 0 saturated carbocycles. The second-order valence-electron chi connectivity index (χ2n) is 5.15. The predicted octanol–water partition coefficient (Wildman–Crippen LogP) is 3.69. The van der Waals surface area contributed by atoms with Crippen LogP contribution in [0.5, 0.6) is 0 Å². The largest absolute Gasteiger partial charge is 0.345 e. The molecule has 0 unspecified atom stereocenters. The highest BCUT2D eigenvalue weighted by Gasteiger charge is 2.07. The average molecular weight is 329 g/mol. The number of halogens is 1. The van der Waals surface area contributed by atoms with E-state index in [4.69, 9.17) is 11.6 Å². The Kier molecular flexibility index (Phi) is 5.55. The lowest BCUT2D eigenvalue weighted by Gasteiger charge is -2.10. The molecule has 4 nitrogen and oxygen atoms in total. The summed E-state index contributed by atoms with van der Waals surface area (Å²) >= 11 is 5.81. The number of hydrogen-bond donors (Lipinski definition) is 1. The van der Waals surface area contributed by atoms with Crippen LogP contribution < -0.4 is 5.32 Å². The molecular formula is C18H17ClN2O2. The quantitative estimate of drug-likeness (QED) is 0.870. The number of benzene rings is 2. The Labute approximate surface area is 140 Å². The van der Waals surface area contributed by atoms with Gasteiger partial charge in [-0.15, -0.1) is 0 Å². The second kappa shape index (κ2) is 7.61. The summed E-state index contributed by atoms with van der Waals surface area (Å²) < 4.78 is 0. The molecule has 0 aromatic heterocycles. The fraction of sp³-hybridized carbons (Fsp3) is 0.111. The number of anilines is 1. The highest BCUT2D eigenvalue weighted by atomic mass is 35.5. The van der Waals surface area contributed by atoms with Crippen LogP contribution in [0.2, 0.25) is 5.02 Å². The van der Waals surface area contributed by atoms with Crippen LogP contribution in [0.1, 0.15) is 15.9 Å². The van der Waals surface area contributed by atoms with Crippen LogP contribution >= 0.6 is 11.6 Å². The van der Waals surface area contributed by atoms with E-state index in [0.29, 0.717) is 16.3 Å². The normalized spacial score (nSPS) is 10.6. The minimum Gasteiger partial charge on any atom is -0.345 e. The van der Waals surface area contributed by atoms with Crippen LogP contribution in [-0.4, -0.2) is 30.8 Å². The molecule has 5 heteroatoms. The van der Waals surface area contributed by atoms with E-state index < -0.39 is 0 Å². The fourth-order valence-electron chi connectivity index (χ4n) is 1.88. The molecule has 118 valence electrons. The van der Waals surface area contributed by atoms with E-state index in [-0.39, 0.29) is 11.8 Å². The number of hydrogen-bond acceptors (Lipinski definition) is 2. The van der Waals surface area contributed by atoms with Gasteiger partial charge in [-0.1, -0.05) is 23.7 Å². The molecular weight excluding hydrogens is 312 g/mol. The summed E-state index contributed by atoms with van der Waals surface area (Å²) in [6.45, 7) is 0. The lowest BCUT2D eigenvalue weighted by atomic mass is 10.2. The minimum atomic E-state index is -0.244. The number of nitrogens with one attached hydrogen (secondary N) is 1. The highest BCUT2D eigenvalue weighted by Crippen LogP contribution is 2.12. The SMILES string of the molecule is CN(C)C(=O)c1ccc(NC(=O)/C=C/c2ccc(Cl)cc2)cc1. The van der Waals surface area contributed by atoms with Gasteiger partial charge in [0.25, 0.3) is 5.91 Å². The van der Waals surface area contributed by atoms with Crippen molar-refractivity contribution in [1.82, 2.24) is 4.90 Å². The summed E-state index contributed by atoms with van der Waals surface area (Å²) in [5.41, 5.74) is 2.09. The van der Waals surface area contributed by atoms with Gasteiger partial charge in [0.05, 0.1) is 0 Å². The van der Waals surface area contributed by atoms with Crippen molar-refractivity contribution in [2.75, 3.05) is 19.4 Å². The first kappa shape index (κ1) is 16.8. The third kappa shape index (κ3) is 4.97. The Bertz CT molecular complexity index is 720. The third-order valence-corrected chi connectivity index (χ3v) is 3.35. The van der Waals surface area contributed by atoms with Crippen LogP contribution in [0.4, 0.5) is 5.69 Å². The van der Waals surface area contributed by atoms with Gasteiger partial charge >= 0.3 is 0 Å². The van der Waals surface area contributed by atoms with E-state index in [1.165, 1.54) is 11.0 Å². The molecule has 0 saturated heterocycles. The summed E-state index contributed by atoms with van der Waals surface area (Å²) in [5, 5.41) is 3.39. The number of carbonyl (C=O) groups excluding carboxylic acids is 2. The van der Waals surface area contributed by atoms with Crippen LogP contribution in [0.15, 0.2) is 54.6 Å². The first-order valence-corrected chi connectivity index (χ1v) is 7.40. The van der Waals surface area contributed by atoms with Gasteiger partial charge in [-0.2, -0.15) is 0 Å². The predicted molar refractivity (Wildman–Crippen MR) is 93.6 cm³/mol. The number of amides is 2. The molecule has 23 heavy (non-hydrogen) atoms. The van der Waals surface area contributed by atoms with Crippen molar-refractivity contribution in [2.45, 2.75) is 0 Å². The molecule has 0 radical (unpaired) electrons. The maximum Gasteiger partial charge on any atom is 0.253 e. The Morgan fingerprint density at radius 1 is 1.00 bits per heavy atom. The zero-order valence-electron chi connectivity index (χ0n) is 12.9. The lowest BCUT2D eigenvalue weighted by molar-refractivity contribution is -0.111. The zero-order chi connectivity index (χ0) is 16.8. The maximum absolute atomic E-state index is 11.9. The van der Waals surface area contributed by atoms with Crippen molar-refractivity contribution in [2.24, 2.45) is 0 Å². The van der Waals surface area contributed by atoms with Gasteiger partial charge in [-0.05, 0) is 48.0 Å². The molecule has 1 N–H and O–H groups in total. The molecule has 2 rings (SSSR count). The first-order chi connectivity index (χ1) is 11.0. The van der Waals surface area contributed by atoms with Crippen molar-refractivity contribution in [3.63, 3.8) is 0 Å². The lowest BCUT2D eigenvalue weighted by Crippen LogP contribution is -2.21. The second-order valence-corrected chi connectivity index (χ2v) is 5.59. The van der Waals surface area contributed by atoms with Crippen LogP contribution in [0, 0.1) is 0 Å². The molecule has 2 amide bonds. The van der Waals surface area contributed by atoms with Gasteiger partial charge in [-0.25, -0.2) is 0 Å². The molecule has 0 aliphatic carbocycles. The molecule has 0 aliphatic rings. The van der Waals surface area contributed by atoms with Gasteiger partial charge in [0.15, 0.2) is 0 Å². The third-order valence-electron chi connectivity index (χ3n) is 3.10. The van der Waals surface area contributed by atoms with E-state index in [2.05, 4.69) is 5.32 Å². The van der Waals surface area contributed by atoms with Crippen molar-refractivity contribution >= 4 is 35.2 Å². The molecule has 0 spiro atoms. The molecule has 0 fully saturated rings. The standard InChI is InChI=1S/C18H17ClN2O2/c1-21(2)18(23)14-6-10-16(11-7-14)20-17(22)12-5-13-3-8-15(19)9-4-13/h3-12H,1-2H3,(H,20,22)/b12-5+. The van der Waals surface area contributed by atoms with Gasteiger partial charge in [0, 0.05) is 36.4 Å². The summed E-state index contributed by atoms with van der Waals surface area (Å²) in [4.78, 5) is 25.2. The van der Waals surface area contributed by atoms with Gasteiger partial charge in [0.2, 0.25) is 5.91 Å². The van der Waals surface area contributed by atoms with Gasteiger partial charge in [-0.3, -0.25) is 9.59 Å². The summed E-state index contributed by atoms with van der Waals surface area (Å²) in [6.07, 6.45) is 3.15. The molecule has 0 atom stereocenters. The number of carbonyl (C=O) groups is 2. The number of rotatable bonds is 4. The Morgan fingerprint density at radius 2 is 1.61 bits per heavy atom. The monoisotopic (exact) mass is 328 g/mol. The van der Waals surface area contributed by atoms with Crippen LogP contribution in [0.25, 0.3) is 6.08 Å². The summed E-state index contributed by atoms with van der Waals surface area (Å²) in [7, 11) is 3.39. The fourth-order valence-corrected chi connectivity index (χ4v) is 2.01. The van der Waals surface area contributed by atoms with E-state index in [0.717, 1.165) is 5.56 Å². The zero-order valence-corrected chi connectivity index (χ0v) is 13.7. The van der Waals surface area contributed by atoms with Crippen molar-refractivity contribution in [3.05, 3.63) is 70.8 Å².